The minimum absolute atomic E-state index is 0.0208. The Morgan fingerprint density at radius 3 is 2.57 bits per heavy atom. The summed E-state index contributed by atoms with van der Waals surface area (Å²) >= 11 is 9.00. The van der Waals surface area contributed by atoms with E-state index in [2.05, 4.69) is 20.7 Å². The van der Waals surface area contributed by atoms with Crippen LogP contribution >= 0.6 is 27.5 Å². The molecule has 0 aliphatic rings. The third-order valence-electron chi connectivity index (χ3n) is 2.63. The fraction of sp³-hybridized carbons (Fsp3) is 0. The highest BCUT2D eigenvalue weighted by molar-refractivity contribution is 9.10. The van der Waals surface area contributed by atoms with Crippen LogP contribution in [0.5, 0.6) is 0 Å². The van der Waals surface area contributed by atoms with E-state index >= 15 is 0 Å². The number of anilines is 2. The van der Waals surface area contributed by atoms with Crippen molar-refractivity contribution in [2.45, 2.75) is 4.90 Å². The molecule has 0 aliphatic carbocycles. The van der Waals surface area contributed by atoms with E-state index in [0.717, 1.165) is 0 Å². The van der Waals surface area contributed by atoms with Crippen molar-refractivity contribution < 1.29 is 8.42 Å². The highest BCUT2D eigenvalue weighted by atomic mass is 79.9. The van der Waals surface area contributed by atoms with Gasteiger partial charge in [0, 0.05) is 15.2 Å². The maximum Gasteiger partial charge on any atom is 0.261 e. The summed E-state index contributed by atoms with van der Waals surface area (Å²) in [6.45, 7) is 0. The number of nitriles is 1. The summed E-state index contributed by atoms with van der Waals surface area (Å²) < 4.78 is 27.5. The van der Waals surface area contributed by atoms with Gasteiger partial charge in [-0.25, -0.2) is 8.42 Å². The summed E-state index contributed by atoms with van der Waals surface area (Å²) in [7, 11) is -3.85. The molecule has 0 aromatic heterocycles. The van der Waals surface area contributed by atoms with Crippen LogP contribution in [-0.4, -0.2) is 8.42 Å². The predicted molar refractivity (Wildman–Crippen MR) is 85.5 cm³/mol. The van der Waals surface area contributed by atoms with Gasteiger partial charge in [-0.15, -0.1) is 0 Å². The van der Waals surface area contributed by atoms with Crippen LogP contribution in [0.15, 0.2) is 45.8 Å². The first kappa shape index (κ1) is 15.6. The van der Waals surface area contributed by atoms with Gasteiger partial charge in [0.15, 0.2) is 0 Å². The standard InChI is InChI=1S/C13H9BrClN3O2S/c14-11-6-10(3-4-12(11)17)21(19,20)18-13-5-9(15)2-1-8(13)7-16/h1-6,18H,17H2. The van der Waals surface area contributed by atoms with Crippen molar-refractivity contribution in [1.29, 1.82) is 5.26 Å². The normalized spacial score (nSPS) is 10.9. The Hall–Kier alpha value is -1.75. The Balaban J connectivity index is 2.45. The lowest BCUT2D eigenvalue weighted by atomic mass is 10.2. The zero-order valence-electron chi connectivity index (χ0n) is 10.5. The highest BCUT2D eigenvalue weighted by Crippen LogP contribution is 2.26. The topological polar surface area (TPSA) is 96.0 Å². The fourth-order valence-electron chi connectivity index (χ4n) is 1.58. The van der Waals surface area contributed by atoms with E-state index in [1.807, 2.05) is 6.07 Å². The van der Waals surface area contributed by atoms with Gasteiger partial charge in [-0.3, -0.25) is 4.72 Å². The summed E-state index contributed by atoms with van der Waals surface area (Å²) in [6, 6.07) is 10.5. The number of nitrogens with one attached hydrogen (secondary N) is 1. The molecule has 2 aromatic rings. The van der Waals surface area contributed by atoms with Crippen molar-refractivity contribution >= 4 is 48.9 Å². The molecule has 5 nitrogen and oxygen atoms in total. The second kappa shape index (κ2) is 5.93. The van der Waals surface area contributed by atoms with Crippen LogP contribution in [0.25, 0.3) is 0 Å². The lowest BCUT2D eigenvalue weighted by Crippen LogP contribution is -2.14. The van der Waals surface area contributed by atoms with Gasteiger partial charge in [-0.2, -0.15) is 5.26 Å². The molecule has 2 aromatic carbocycles. The number of hydrogen-bond donors (Lipinski definition) is 2. The van der Waals surface area contributed by atoms with Crippen molar-refractivity contribution in [1.82, 2.24) is 0 Å². The molecule has 0 bridgehead atoms. The van der Waals surface area contributed by atoms with Crippen molar-refractivity contribution in [3.05, 3.63) is 51.5 Å². The molecule has 108 valence electrons. The minimum atomic E-state index is -3.85. The van der Waals surface area contributed by atoms with Crippen LogP contribution in [-0.2, 0) is 10.0 Å². The van der Waals surface area contributed by atoms with E-state index < -0.39 is 10.0 Å². The summed E-state index contributed by atoms with van der Waals surface area (Å²) in [5, 5.41) is 9.33. The number of hydrogen-bond acceptors (Lipinski definition) is 4. The third-order valence-corrected chi connectivity index (χ3v) is 4.91. The molecule has 8 heteroatoms. The number of halogens is 2. The van der Waals surface area contributed by atoms with Crippen molar-refractivity contribution in [3.63, 3.8) is 0 Å². The average Bonchev–Trinajstić information content (AvgIpc) is 2.41. The van der Waals surface area contributed by atoms with Crippen LogP contribution in [0.3, 0.4) is 0 Å². The number of benzene rings is 2. The van der Waals surface area contributed by atoms with Gasteiger partial charge >= 0.3 is 0 Å². The van der Waals surface area contributed by atoms with Gasteiger partial charge in [-0.05, 0) is 52.3 Å². The lowest BCUT2D eigenvalue weighted by molar-refractivity contribution is 0.601. The molecule has 0 aliphatic heterocycles. The molecule has 0 unspecified atom stereocenters. The monoisotopic (exact) mass is 385 g/mol. The summed E-state index contributed by atoms with van der Waals surface area (Å²) in [6.07, 6.45) is 0. The highest BCUT2D eigenvalue weighted by Gasteiger charge is 2.17. The minimum Gasteiger partial charge on any atom is -0.398 e. The smallest absolute Gasteiger partial charge is 0.261 e. The molecular weight excluding hydrogens is 378 g/mol. The quantitative estimate of drug-likeness (QED) is 0.791. The molecule has 21 heavy (non-hydrogen) atoms. The second-order valence-corrected chi connectivity index (χ2v) is 7.06. The first-order valence-electron chi connectivity index (χ1n) is 5.61. The Kier molecular flexibility index (Phi) is 4.42. The fourth-order valence-corrected chi connectivity index (χ4v) is 3.38. The van der Waals surface area contributed by atoms with Crippen molar-refractivity contribution in [2.24, 2.45) is 0 Å². The summed E-state index contributed by atoms with van der Waals surface area (Å²) in [4.78, 5) is 0.0208. The first-order valence-corrected chi connectivity index (χ1v) is 8.26. The zero-order chi connectivity index (χ0) is 15.6. The van der Waals surface area contributed by atoms with Crippen molar-refractivity contribution in [3.8, 4) is 6.07 Å². The number of nitrogens with zero attached hydrogens (tertiary/aromatic N) is 1. The average molecular weight is 387 g/mol. The molecule has 0 amide bonds. The Labute approximate surface area is 135 Å². The largest absolute Gasteiger partial charge is 0.398 e. The van der Waals surface area contributed by atoms with E-state index in [-0.39, 0.29) is 16.1 Å². The molecule has 0 atom stereocenters. The van der Waals surface area contributed by atoms with Crippen LogP contribution in [0.1, 0.15) is 5.56 Å². The SMILES string of the molecule is N#Cc1ccc(Cl)cc1NS(=O)(=O)c1ccc(N)c(Br)c1. The van der Waals surface area contributed by atoms with Gasteiger partial charge in [0.1, 0.15) is 6.07 Å². The molecular formula is C13H9BrClN3O2S. The lowest BCUT2D eigenvalue weighted by Gasteiger charge is -2.10. The van der Waals surface area contributed by atoms with Crippen molar-refractivity contribution in [2.75, 3.05) is 10.5 Å². The van der Waals surface area contributed by atoms with Gasteiger partial charge in [0.25, 0.3) is 10.0 Å². The number of nitrogen functional groups attached to an aromatic ring is 1. The Morgan fingerprint density at radius 2 is 1.95 bits per heavy atom. The molecule has 2 rings (SSSR count). The molecule has 0 heterocycles. The van der Waals surface area contributed by atoms with Gasteiger partial charge in [0.05, 0.1) is 16.1 Å². The predicted octanol–water partition coefficient (Wildman–Crippen LogP) is 3.36. The summed E-state index contributed by atoms with van der Waals surface area (Å²) in [5.41, 5.74) is 6.35. The number of nitrogens with two attached hydrogens (primary N) is 1. The maximum absolute atomic E-state index is 12.3. The molecule has 0 radical (unpaired) electrons. The molecule has 0 fully saturated rings. The molecule has 0 saturated heterocycles. The molecule has 0 spiro atoms. The Morgan fingerprint density at radius 1 is 1.24 bits per heavy atom. The van der Waals surface area contributed by atoms with E-state index in [4.69, 9.17) is 22.6 Å². The zero-order valence-corrected chi connectivity index (χ0v) is 13.6. The van der Waals surface area contributed by atoms with E-state index in [1.165, 1.54) is 36.4 Å². The van der Waals surface area contributed by atoms with Crippen LogP contribution in [0, 0.1) is 11.3 Å². The molecule has 0 saturated carbocycles. The third kappa shape index (κ3) is 3.47. The van der Waals surface area contributed by atoms with Crippen LogP contribution < -0.4 is 10.5 Å². The van der Waals surface area contributed by atoms with Crippen LogP contribution in [0.2, 0.25) is 5.02 Å². The number of rotatable bonds is 3. The van der Waals surface area contributed by atoms with E-state index in [9.17, 15) is 8.42 Å². The first-order chi connectivity index (χ1) is 9.83. The van der Waals surface area contributed by atoms with E-state index in [0.29, 0.717) is 15.2 Å². The second-order valence-electron chi connectivity index (χ2n) is 4.09. The van der Waals surface area contributed by atoms with Crippen LogP contribution in [0.4, 0.5) is 11.4 Å². The summed E-state index contributed by atoms with van der Waals surface area (Å²) in [5.74, 6) is 0. The molecule has 3 N–H and O–H groups in total. The van der Waals surface area contributed by atoms with E-state index in [1.54, 1.807) is 0 Å². The maximum atomic E-state index is 12.3. The van der Waals surface area contributed by atoms with Gasteiger partial charge < -0.3 is 5.73 Å². The Bertz CT molecular complexity index is 847. The van der Waals surface area contributed by atoms with Gasteiger partial charge in [-0.1, -0.05) is 11.6 Å². The number of sulfonamides is 1. The van der Waals surface area contributed by atoms with Gasteiger partial charge in [0.2, 0.25) is 0 Å².